The highest BCUT2D eigenvalue weighted by molar-refractivity contribution is 5.82. The van der Waals surface area contributed by atoms with E-state index in [1.165, 1.54) is 0 Å². The number of para-hydroxylation sites is 1. The summed E-state index contributed by atoms with van der Waals surface area (Å²) in [6, 6.07) is 11.4. The Morgan fingerprint density at radius 2 is 2.00 bits per heavy atom. The Morgan fingerprint density at radius 3 is 2.76 bits per heavy atom. The molecule has 2 aromatic heterocycles. The van der Waals surface area contributed by atoms with E-state index in [9.17, 15) is 0 Å². The molecule has 1 aromatic carbocycles. The second-order valence-corrected chi connectivity index (χ2v) is 4.72. The molecule has 0 bridgehead atoms. The first-order valence-corrected chi connectivity index (χ1v) is 6.63. The Morgan fingerprint density at radius 1 is 1.19 bits per heavy atom. The van der Waals surface area contributed by atoms with Crippen LogP contribution in [-0.4, -0.2) is 21.9 Å². The van der Waals surface area contributed by atoms with Gasteiger partial charge in [-0.05, 0) is 18.2 Å². The van der Waals surface area contributed by atoms with Crippen LogP contribution in [0.2, 0.25) is 0 Å². The molecule has 0 spiro atoms. The maximum atomic E-state index is 5.77. The maximum Gasteiger partial charge on any atom is 0.142 e. The van der Waals surface area contributed by atoms with Crippen LogP contribution >= 0.6 is 0 Å². The monoisotopic (exact) mass is 283 g/mol. The molecule has 3 aromatic rings. The highest BCUT2D eigenvalue weighted by atomic mass is 16.5. The second-order valence-electron chi connectivity index (χ2n) is 4.72. The summed E-state index contributed by atoms with van der Waals surface area (Å²) in [5, 5.41) is 5.63. The summed E-state index contributed by atoms with van der Waals surface area (Å²) in [5.74, 6) is 6.44. The zero-order valence-electron chi connectivity index (χ0n) is 11.9. The predicted molar refractivity (Wildman–Crippen MR) is 80.7 cm³/mol. The average molecular weight is 283 g/mol. The van der Waals surface area contributed by atoms with Gasteiger partial charge in [-0.15, -0.1) is 0 Å². The Hall–Kier alpha value is -2.44. The van der Waals surface area contributed by atoms with Crippen LogP contribution in [0, 0.1) is 0 Å². The number of fused-ring (bicyclic) bond motifs is 1. The van der Waals surface area contributed by atoms with Crippen molar-refractivity contribution in [3.05, 3.63) is 54.0 Å². The lowest BCUT2D eigenvalue weighted by atomic mass is 10.1. The first-order chi connectivity index (χ1) is 10.3. The molecule has 6 heteroatoms. The molecule has 0 aliphatic heterocycles. The number of pyridine rings is 1. The van der Waals surface area contributed by atoms with E-state index in [1.54, 1.807) is 13.3 Å². The summed E-state index contributed by atoms with van der Waals surface area (Å²) >= 11 is 0. The van der Waals surface area contributed by atoms with Crippen molar-refractivity contribution in [1.29, 1.82) is 0 Å². The zero-order valence-corrected chi connectivity index (χ0v) is 11.9. The number of rotatable bonds is 4. The van der Waals surface area contributed by atoms with Crippen molar-refractivity contribution in [2.75, 3.05) is 7.11 Å². The van der Waals surface area contributed by atoms with Crippen molar-refractivity contribution in [2.45, 2.75) is 6.04 Å². The van der Waals surface area contributed by atoms with Gasteiger partial charge in [-0.1, -0.05) is 18.2 Å². The molecule has 0 fully saturated rings. The number of hydrogen-bond donors (Lipinski definition) is 2. The van der Waals surface area contributed by atoms with E-state index >= 15 is 0 Å². The summed E-state index contributed by atoms with van der Waals surface area (Å²) in [4.78, 5) is 4.40. The minimum absolute atomic E-state index is 0.341. The Balaban J connectivity index is 2.19. The number of aryl methyl sites for hydroxylation is 1. The molecular weight excluding hydrogens is 266 g/mol. The SMILES string of the molecule is COc1cccnc1C(NN)c1nn(C)c2ccccc12. The molecule has 6 nitrogen and oxygen atoms in total. The highest BCUT2D eigenvalue weighted by Gasteiger charge is 2.23. The van der Waals surface area contributed by atoms with Crippen LogP contribution in [0.5, 0.6) is 5.75 Å². The third kappa shape index (κ3) is 2.24. The van der Waals surface area contributed by atoms with Crippen LogP contribution in [0.15, 0.2) is 42.6 Å². The average Bonchev–Trinajstić information content (AvgIpc) is 2.86. The quantitative estimate of drug-likeness (QED) is 0.561. The molecule has 0 saturated heterocycles. The molecule has 0 saturated carbocycles. The highest BCUT2D eigenvalue weighted by Crippen LogP contribution is 2.30. The summed E-state index contributed by atoms with van der Waals surface area (Å²) in [6.45, 7) is 0. The first kappa shape index (κ1) is 13.5. The van der Waals surface area contributed by atoms with Gasteiger partial charge < -0.3 is 4.74 Å². The van der Waals surface area contributed by atoms with Gasteiger partial charge in [-0.2, -0.15) is 5.10 Å². The largest absolute Gasteiger partial charge is 0.495 e. The molecule has 0 radical (unpaired) electrons. The van der Waals surface area contributed by atoms with Crippen LogP contribution in [0.25, 0.3) is 10.9 Å². The molecule has 108 valence electrons. The number of nitrogens with two attached hydrogens (primary N) is 1. The number of hydrazine groups is 1. The molecule has 3 rings (SSSR count). The minimum Gasteiger partial charge on any atom is -0.495 e. The van der Waals surface area contributed by atoms with Crippen molar-refractivity contribution in [3.63, 3.8) is 0 Å². The number of aromatic nitrogens is 3. The van der Waals surface area contributed by atoms with Crippen molar-refractivity contribution in [3.8, 4) is 5.75 Å². The summed E-state index contributed by atoms with van der Waals surface area (Å²) < 4.78 is 7.21. The van der Waals surface area contributed by atoms with Gasteiger partial charge in [0.25, 0.3) is 0 Å². The Bertz CT molecular complexity index is 768. The minimum atomic E-state index is -0.341. The lowest BCUT2D eigenvalue weighted by Gasteiger charge is -2.16. The normalized spacial score (nSPS) is 12.5. The van der Waals surface area contributed by atoms with E-state index in [0.29, 0.717) is 11.4 Å². The predicted octanol–water partition coefficient (Wildman–Crippen LogP) is 1.53. The van der Waals surface area contributed by atoms with Gasteiger partial charge in [0.15, 0.2) is 0 Å². The van der Waals surface area contributed by atoms with Crippen molar-refractivity contribution in [2.24, 2.45) is 12.9 Å². The second kappa shape index (κ2) is 5.51. The molecule has 0 aliphatic rings. The number of hydrogen-bond acceptors (Lipinski definition) is 5. The lowest BCUT2D eigenvalue weighted by Crippen LogP contribution is -2.30. The van der Waals surface area contributed by atoms with Gasteiger partial charge in [-0.3, -0.25) is 15.5 Å². The standard InChI is InChI=1S/C15H17N5O/c1-20-11-7-4-3-6-10(11)13(19-20)15(18-16)14-12(21-2)8-5-9-17-14/h3-9,15,18H,16H2,1-2H3. The number of benzene rings is 1. The fourth-order valence-corrected chi connectivity index (χ4v) is 2.53. The van der Waals surface area contributed by atoms with Crippen LogP contribution in [0.1, 0.15) is 17.4 Å². The number of ether oxygens (including phenoxy) is 1. The summed E-state index contributed by atoms with van der Waals surface area (Å²) in [6.07, 6.45) is 1.72. The smallest absolute Gasteiger partial charge is 0.142 e. The summed E-state index contributed by atoms with van der Waals surface area (Å²) in [5.41, 5.74) is 5.38. The van der Waals surface area contributed by atoms with Crippen LogP contribution in [0.4, 0.5) is 0 Å². The fourth-order valence-electron chi connectivity index (χ4n) is 2.53. The molecule has 0 amide bonds. The number of nitrogens with one attached hydrogen (secondary N) is 1. The molecule has 0 aliphatic carbocycles. The zero-order chi connectivity index (χ0) is 14.8. The van der Waals surface area contributed by atoms with Gasteiger partial charge in [-0.25, -0.2) is 5.43 Å². The lowest BCUT2D eigenvalue weighted by molar-refractivity contribution is 0.399. The van der Waals surface area contributed by atoms with Gasteiger partial charge >= 0.3 is 0 Å². The third-order valence-electron chi connectivity index (χ3n) is 3.52. The topological polar surface area (TPSA) is 78.0 Å². The van der Waals surface area contributed by atoms with Crippen LogP contribution in [0.3, 0.4) is 0 Å². The van der Waals surface area contributed by atoms with Gasteiger partial charge in [0.05, 0.1) is 18.3 Å². The van der Waals surface area contributed by atoms with Crippen molar-refractivity contribution < 1.29 is 4.74 Å². The molecule has 21 heavy (non-hydrogen) atoms. The van der Waals surface area contributed by atoms with E-state index in [-0.39, 0.29) is 6.04 Å². The molecule has 3 N–H and O–H groups in total. The van der Waals surface area contributed by atoms with Gasteiger partial charge in [0.1, 0.15) is 17.5 Å². The molecule has 2 heterocycles. The molecule has 1 unspecified atom stereocenters. The Labute approximate surface area is 122 Å². The van der Waals surface area contributed by atoms with Gasteiger partial charge in [0, 0.05) is 18.6 Å². The van der Waals surface area contributed by atoms with E-state index in [2.05, 4.69) is 15.5 Å². The third-order valence-corrected chi connectivity index (χ3v) is 3.52. The van der Waals surface area contributed by atoms with E-state index in [0.717, 1.165) is 16.6 Å². The summed E-state index contributed by atoms with van der Waals surface area (Å²) in [7, 11) is 3.53. The van der Waals surface area contributed by atoms with E-state index in [1.807, 2.05) is 48.1 Å². The van der Waals surface area contributed by atoms with Crippen molar-refractivity contribution in [1.82, 2.24) is 20.2 Å². The van der Waals surface area contributed by atoms with Crippen LogP contribution < -0.4 is 16.0 Å². The maximum absolute atomic E-state index is 5.77. The number of nitrogens with zero attached hydrogens (tertiary/aromatic N) is 3. The van der Waals surface area contributed by atoms with Crippen LogP contribution in [-0.2, 0) is 7.05 Å². The van der Waals surface area contributed by atoms with E-state index < -0.39 is 0 Å². The molecule has 1 atom stereocenters. The number of methoxy groups -OCH3 is 1. The van der Waals surface area contributed by atoms with Crippen molar-refractivity contribution >= 4 is 10.9 Å². The fraction of sp³-hybridized carbons (Fsp3) is 0.200. The van der Waals surface area contributed by atoms with Gasteiger partial charge in [0.2, 0.25) is 0 Å². The van der Waals surface area contributed by atoms with E-state index in [4.69, 9.17) is 10.6 Å². The first-order valence-electron chi connectivity index (χ1n) is 6.63. The Kier molecular flexibility index (Phi) is 3.55. The molecular formula is C15H17N5O.